The number of amides is 1. The number of benzene rings is 1. The summed E-state index contributed by atoms with van der Waals surface area (Å²) in [5.74, 6) is -0.496. The van der Waals surface area contributed by atoms with E-state index in [1.165, 1.54) is 11.3 Å². The number of hydrogen-bond acceptors (Lipinski definition) is 4. The molecule has 0 spiro atoms. The Morgan fingerprint density at radius 2 is 1.84 bits per heavy atom. The standard InChI is InChI=1S/C17H12F3N3OS/c1-10-22-14(15(25-10)11-5-3-2-4-6-11)16(24)23-12-7-8-13(21-9-12)17(18,19)20/h2-9H,1H3,(H,23,24). The first-order valence-electron chi connectivity index (χ1n) is 7.22. The maximum atomic E-state index is 12.5. The molecule has 25 heavy (non-hydrogen) atoms. The third kappa shape index (κ3) is 3.85. The summed E-state index contributed by atoms with van der Waals surface area (Å²) >= 11 is 1.38. The lowest BCUT2D eigenvalue weighted by atomic mass is 10.1. The molecule has 0 aliphatic carbocycles. The molecule has 2 aromatic heterocycles. The van der Waals surface area contributed by atoms with Crippen molar-refractivity contribution in [2.75, 3.05) is 5.32 Å². The van der Waals surface area contributed by atoms with Crippen molar-refractivity contribution < 1.29 is 18.0 Å². The van der Waals surface area contributed by atoms with Gasteiger partial charge in [-0.2, -0.15) is 13.2 Å². The normalized spacial score (nSPS) is 11.4. The number of aromatic nitrogens is 2. The van der Waals surface area contributed by atoms with Gasteiger partial charge in [0.1, 0.15) is 11.4 Å². The van der Waals surface area contributed by atoms with Crippen molar-refractivity contribution >= 4 is 22.9 Å². The first-order chi connectivity index (χ1) is 11.8. The van der Waals surface area contributed by atoms with Crippen molar-refractivity contribution in [2.45, 2.75) is 13.1 Å². The molecule has 0 bridgehead atoms. The minimum Gasteiger partial charge on any atom is -0.319 e. The summed E-state index contributed by atoms with van der Waals surface area (Å²) in [5.41, 5.74) is 0.236. The van der Waals surface area contributed by atoms with Crippen LogP contribution in [0.25, 0.3) is 10.4 Å². The molecule has 2 heterocycles. The molecule has 3 aromatic rings. The molecule has 128 valence electrons. The van der Waals surface area contributed by atoms with Gasteiger partial charge in [-0.1, -0.05) is 30.3 Å². The van der Waals surface area contributed by atoms with Gasteiger partial charge >= 0.3 is 6.18 Å². The number of halogens is 3. The van der Waals surface area contributed by atoms with Crippen molar-refractivity contribution in [3.8, 4) is 10.4 Å². The Morgan fingerprint density at radius 3 is 2.44 bits per heavy atom. The third-order valence-corrected chi connectivity index (χ3v) is 4.32. The molecular weight excluding hydrogens is 351 g/mol. The van der Waals surface area contributed by atoms with Crippen molar-refractivity contribution in [1.29, 1.82) is 0 Å². The summed E-state index contributed by atoms with van der Waals surface area (Å²) in [4.78, 5) is 20.8. The Balaban J connectivity index is 1.85. The van der Waals surface area contributed by atoms with Gasteiger partial charge in [-0.05, 0) is 24.6 Å². The number of aryl methyl sites for hydroxylation is 1. The molecule has 1 N–H and O–H groups in total. The zero-order valence-electron chi connectivity index (χ0n) is 13.0. The van der Waals surface area contributed by atoms with Crippen LogP contribution < -0.4 is 5.32 Å². The fraction of sp³-hybridized carbons (Fsp3) is 0.118. The molecule has 0 aliphatic rings. The number of carbonyl (C=O) groups excluding carboxylic acids is 1. The van der Waals surface area contributed by atoms with Crippen LogP contribution in [0.2, 0.25) is 0 Å². The topological polar surface area (TPSA) is 54.9 Å². The van der Waals surface area contributed by atoms with Crippen LogP contribution >= 0.6 is 11.3 Å². The molecule has 3 rings (SSSR count). The predicted octanol–water partition coefficient (Wildman–Crippen LogP) is 4.78. The van der Waals surface area contributed by atoms with E-state index < -0.39 is 17.8 Å². The summed E-state index contributed by atoms with van der Waals surface area (Å²) in [6.45, 7) is 1.79. The highest BCUT2D eigenvalue weighted by atomic mass is 32.1. The summed E-state index contributed by atoms with van der Waals surface area (Å²) in [6, 6.07) is 11.3. The molecule has 0 saturated carbocycles. The molecule has 0 atom stereocenters. The smallest absolute Gasteiger partial charge is 0.319 e. The van der Waals surface area contributed by atoms with Crippen LogP contribution in [-0.4, -0.2) is 15.9 Å². The van der Waals surface area contributed by atoms with Crippen LogP contribution in [0, 0.1) is 6.92 Å². The fourth-order valence-electron chi connectivity index (χ4n) is 2.19. The minimum atomic E-state index is -4.52. The van der Waals surface area contributed by atoms with E-state index in [9.17, 15) is 18.0 Å². The molecule has 1 aromatic carbocycles. The van der Waals surface area contributed by atoms with Crippen LogP contribution in [0.4, 0.5) is 18.9 Å². The van der Waals surface area contributed by atoms with E-state index in [1.807, 2.05) is 30.3 Å². The van der Waals surface area contributed by atoms with Crippen molar-refractivity contribution in [1.82, 2.24) is 9.97 Å². The van der Waals surface area contributed by atoms with Crippen molar-refractivity contribution in [3.05, 3.63) is 65.1 Å². The van der Waals surface area contributed by atoms with E-state index in [-0.39, 0.29) is 11.4 Å². The average molecular weight is 363 g/mol. The first kappa shape index (κ1) is 17.1. The van der Waals surface area contributed by atoms with Crippen LogP contribution in [0.5, 0.6) is 0 Å². The predicted molar refractivity (Wildman–Crippen MR) is 89.5 cm³/mol. The van der Waals surface area contributed by atoms with Crippen LogP contribution in [0.15, 0.2) is 48.7 Å². The number of rotatable bonds is 3. The quantitative estimate of drug-likeness (QED) is 0.728. The van der Waals surface area contributed by atoms with Gasteiger partial charge in [0.05, 0.1) is 21.8 Å². The summed E-state index contributed by atoms with van der Waals surface area (Å²) in [7, 11) is 0. The molecule has 4 nitrogen and oxygen atoms in total. The molecule has 8 heteroatoms. The molecule has 0 fully saturated rings. The number of alkyl halides is 3. The highest BCUT2D eigenvalue weighted by Gasteiger charge is 2.32. The summed E-state index contributed by atoms with van der Waals surface area (Å²) in [5, 5.41) is 3.25. The average Bonchev–Trinajstić information content (AvgIpc) is 2.97. The van der Waals surface area contributed by atoms with E-state index in [2.05, 4.69) is 15.3 Å². The number of nitrogens with zero attached hydrogens (tertiary/aromatic N) is 2. The third-order valence-electron chi connectivity index (χ3n) is 3.30. The Hall–Kier alpha value is -2.74. The number of pyridine rings is 1. The van der Waals surface area contributed by atoms with E-state index in [4.69, 9.17) is 0 Å². The van der Waals surface area contributed by atoms with Crippen molar-refractivity contribution in [2.24, 2.45) is 0 Å². The zero-order valence-corrected chi connectivity index (χ0v) is 13.8. The number of thiazole rings is 1. The molecular formula is C17H12F3N3OS. The van der Waals surface area contributed by atoms with Crippen LogP contribution in [-0.2, 0) is 6.18 Å². The lowest BCUT2D eigenvalue weighted by Crippen LogP contribution is -2.14. The van der Waals surface area contributed by atoms with Gasteiger partial charge in [0, 0.05) is 0 Å². The van der Waals surface area contributed by atoms with E-state index in [0.29, 0.717) is 4.88 Å². The van der Waals surface area contributed by atoms with Gasteiger partial charge < -0.3 is 5.32 Å². The van der Waals surface area contributed by atoms with Gasteiger partial charge in [-0.25, -0.2) is 9.97 Å². The van der Waals surface area contributed by atoms with E-state index in [0.717, 1.165) is 28.9 Å². The van der Waals surface area contributed by atoms with E-state index in [1.54, 1.807) is 6.92 Å². The molecule has 1 amide bonds. The monoisotopic (exact) mass is 363 g/mol. The number of nitrogens with one attached hydrogen (secondary N) is 1. The highest BCUT2D eigenvalue weighted by molar-refractivity contribution is 7.15. The Bertz CT molecular complexity index is 890. The Morgan fingerprint density at radius 1 is 1.12 bits per heavy atom. The van der Waals surface area contributed by atoms with Crippen LogP contribution in [0.3, 0.4) is 0 Å². The van der Waals surface area contributed by atoms with Gasteiger partial charge in [0.15, 0.2) is 0 Å². The second-order valence-electron chi connectivity index (χ2n) is 5.16. The van der Waals surface area contributed by atoms with E-state index >= 15 is 0 Å². The highest BCUT2D eigenvalue weighted by Crippen LogP contribution is 2.31. The molecule has 0 radical (unpaired) electrons. The number of carbonyl (C=O) groups is 1. The van der Waals surface area contributed by atoms with Crippen LogP contribution in [0.1, 0.15) is 21.2 Å². The Kier molecular flexibility index (Phi) is 4.54. The lowest BCUT2D eigenvalue weighted by Gasteiger charge is -2.08. The molecule has 0 saturated heterocycles. The minimum absolute atomic E-state index is 0.169. The second-order valence-corrected chi connectivity index (χ2v) is 6.36. The first-order valence-corrected chi connectivity index (χ1v) is 8.03. The Labute approximate surface area is 145 Å². The fourth-order valence-corrected chi connectivity index (χ4v) is 3.11. The van der Waals surface area contributed by atoms with Gasteiger partial charge in [0.25, 0.3) is 5.91 Å². The lowest BCUT2D eigenvalue weighted by molar-refractivity contribution is -0.141. The largest absolute Gasteiger partial charge is 0.433 e. The molecule has 0 unspecified atom stereocenters. The van der Waals surface area contributed by atoms with Gasteiger partial charge in [-0.3, -0.25) is 4.79 Å². The number of hydrogen-bond donors (Lipinski definition) is 1. The van der Waals surface area contributed by atoms with Gasteiger partial charge in [-0.15, -0.1) is 11.3 Å². The van der Waals surface area contributed by atoms with Gasteiger partial charge in [0.2, 0.25) is 0 Å². The van der Waals surface area contributed by atoms with Crippen molar-refractivity contribution in [3.63, 3.8) is 0 Å². The maximum Gasteiger partial charge on any atom is 0.433 e. The maximum absolute atomic E-state index is 12.5. The number of anilines is 1. The zero-order chi connectivity index (χ0) is 18.0. The SMILES string of the molecule is Cc1nc(C(=O)Nc2ccc(C(F)(F)F)nc2)c(-c2ccccc2)s1. The second kappa shape index (κ2) is 6.64. The molecule has 0 aliphatic heterocycles. The summed E-state index contributed by atoms with van der Waals surface area (Å²) in [6.07, 6.45) is -3.54. The summed E-state index contributed by atoms with van der Waals surface area (Å²) < 4.78 is 37.6.